The van der Waals surface area contributed by atoms with Crippen molar-refractivity contribution in [3.05, 3.63) is 35.9 Å². The fourth-order valence-electron chi connectivity index (χ4n) is 2.61. The molecule has 0 N–H and O–H groups in total. The van der Waals surface area contributed by atoms with E-state index in [2.05, 4.69) is 0 Å². The van der Waals surface area contributed by atoms with Crippen LogP contribution >= 0.6 is 0 Å². The molecule has 0 saturated heterocycles. The standard InChI is InChI=1S/C15H20O2/c1-2-17-14-10-6-9-13(11-14)15(16)12-7-4-3-5-8-12/h3-5,7-8,13-14H,2,6,9-11H2,1H3. The Morgan fingerprint density at radius 2 is 2.06 bits per heavy atom. The topological polar surface area (TPSA) is 26.3 Å². The summed E-state index contributed by atoms with van der Waals surface area (Å²) in [4.78, 5) is 12.3. The number of carbonyl (C=O) groups is 1. The molecule has 1 aliphatic carbocycles. The van der Waals surface area contributed by atoms with Crippen LogP contribution in [0.4, 0.5) is 0 Å². The van der Waals surface area contributed by atoms with Gasteiger partial charge in [0.2, 0.25) is 0 Å². The molecule has 2 heteroatoms. The maximum absolute atomic E-state index is 12.3. The molecule has 0 aliphatic heterocycles. The van der Waals surface area contributed by atoms with Gasteiger partial charge in [0.15, 0.2) is 5.78 Å². The van der Waals surface area contributed by atoms with Gasteiger partial charge in [-0.3, -0.25) is 4.79 Å². The lowest BCUT2D eigenvalue weighted by atomic mass is 9.82. The molecular formula is C15H20O2. The van der Waals surface area contributed by atoms with Crippen LogP contribution in [0.2, 0.25) is 0 Å². The lowest BCUT2D eigenvalue weighted by Gasteiger charge is -2.28. The summed E-state index contributed by atoms with van der Waals surface area (Å²) in [6, 6.07) is 9.62. The highest BCUT2D eigenvalue weighted by molar-refractivity contribution is 5.97. The van der Waals surface area contributed by atoms with Crippen LogP contribution in [-0.2, 0) is 4.74 Å². The highest BCUT2D eigenvalue weighted by atomic mass is 16.5. The van der Waals surface area contributed by atoms with Gasteiger partial charge in [0.1, 0.15) is 0 Å². The third-order valence-corrected chi connectivity index (χ3v) is 3.46. The molecule has 2 atom stereocenters. The van der Waals surface area contributed by atoms with Crippen LogP contribution in [0.3, 0.4) is 0 Å². The van der Waals surface area contributed by atoms with E-state index in [4.69, 9.17) is 4.74 Å². The second kappa shape index (κ2) is 5.97. The van der Waals surface area contributed by atoms with Crippen LogP contribution in [0.5, 0.6) is 0 Å². The van der Waals surface area contributed by atoms with E-state index in [0.29, 0.717) is 0 Å². The Kier molecular flexibility index (Phi) is 4.32. The highest BCUT2D eigenvalue weighted by Crippen LogP contribution is 2.29. The quantitative estimate of drug-likeness (QED) is 0.743. The van der Waals surface area contributed by atoms with Gasteiger partial charge in [-0.15, -0.1) is 0 Å². The molecule has 0 heterocycles. The van der Waals surface area contributed by atoms with Crippen LogP contribution in [-0.4, -0.2) is 18.5 Å². The van der Waals surface area contributed by atoms with Crippen molar-refractivity contribution in [1.82, 2.24) is 0 Å². The first-order valence-corrected chi connectivity index (χ1v) is 6.52. The Hall–Kier alpha value is -1.15. The van der Waals surface area contributed by atoms with E-state index < -0.39 is 0 Å². The Bertz CT molecular complexity index is 356. The molecule has 2 unspecified atom stereocenters. The number of ketones is 1. The van der Waals surface area contributed by atoms with Gasteiger partial charge < -0.3 is 4.74 Å². The van der Waals surface area contributed by atoms with Gasteiger partial charge in [-0.1, -0.05) is 36.8 Å². The molecule has 1 aromatic rings. The Morgan fingerprint density at radius 1 is 1.29 bits per heavy atom. The molecule has 0 radical (unpaired) electrons. The van der Waals surface area contributed by atoms with E-state index in [1.54, 1.807) is 0 Å². The van der Waals surface area contributed by atoms with Crippen molar-refractivity contribution in [2.45, 2.75) is 38.7 Å². The van der Waals surface area contributed by atoms with E-state index in [1.807, 2.05) is 37.3 Å². The maximum atomic E-state index is 12.3. The summed E-state index contributed by atoms with van der Waals surface area (Å²) in [7, 11) is 0. The van der Waals surface area contributed by atoms with Crippen molar-refractivity contribution in [1.29, 1.82) is 0 Å². The van der Waals surface area contributed by atoms with Crippen LogP contribution in [0, 0.1) is 5.92 Å². The smallest absolute Gasteiger partial charge is 0.166 e. The maximum Gasteiger partial charge on any atom is 0.166 e. The van der Waals surface area contributed by atoms with Crippen LogP contribution < -0.4 is 0 Å². The molecule has 2 nitrogen and oxygen atoms in total. The molecule has 1 saturated carbocycles. The van der Waals surface area contributed by atoms with E-state index in [9.17, 15) is 4.79 Å². The number of hydrogen-bond acceptors (Lipinski definition) is 2. The van der Waals surface area contributed by atoms with Crippen molar-refractivity contribution in [2.75, 3.05) is 6.61 Å². The van der Waals surface area contributed by atoms with Gasteiger partial charge >= 0.3 is 0 Å². The first-order chi connectivity index (χ1) is 8.31. The molecule has 1 aliphatic rings. The summed E-state index contributed by atoms with van der Waals surface area (Å²) in [5.41, 5.74) is 0.842. The SMILES string of the molecule is CCOC1CCCC(C(=O)c2ccccc2)C1. The summed E-state index contributed by atoms with van der Waals surface area (Å²) >= 11 is 0. The molecule has 0 bridgehead atoms. The number of carbonyl (C=O) groups excluding carboxylic acids is 1. The number of ether oxygens (including phenoxy) is 1. The second-order valence-electron chi connectivity index (χ2n) is 4.67. The second-order valence-corrected chi connectivity index (χ2v) is 4.67. The number of benzene rings is 1. The summed E-state index contributed by atoms with van der Waals surface area (Å²) < 4.78 is 5.65. The zero-order chi connectivity index (χ0) is 12.1. The first-order valence-electron chi connectivity index (χ1n) is 6.52. The number of Topliss-reactive ketones (excluding diaryl/α,β-unsaturated/α-hetero) is 1. The minimum absolute atomic E-state index is 0.155. The number of hydrogen-bond donors (Lipinski definition) is 0. The van der Waals surface area contributed by atoms with Crippen molar-refractivity contribution >= 4 is 5.78 Å². The molecular weight excluding hydrogens is 212 g/mol. The molecule has 1 aromatic carbocycles. The molecule has 0 aromatic heterocycles. The lowest BCUT2D eigenvalue weighted by Crippen LogP contribution is -2.27. The van der Waals surface area contributed by atoms with Gasteiger partial charge in [0, 0.05) is 18.1 Å². The van der Waals surface area contributed by atoms with Crippen molar-refractivity contribution in [2.24, 2.45) is 5.92 Å². The van der Waals surface area contributed by atoms with Crippen molar-refractivity contribution < 1.29 is 9.53 Å². The van der Waals surface area contributed by atoms with Gasteiger partial charge in [0.05, 0.1) is 6.10 Å². The molecule has 2 rings (SSSR count). The van der Waals surface area contributed by atoms with Crippen LogP contribution in [0.1, 0.15) is 43.0 Å². The van der Waals surface area contributed by atoms with Crippen LogP contribution in [0.15, 0.2) is 30.3 Å². The van der Waals surface area contributed by atoms with Crippen molar-refractivity contribution in [3.63, 3.8) is 0 Å². The average Bonchev–Trinajstić information content (AvgIpc) is 2.40. The Morgan fingerprint density at radius 3 is 2.76 bits per heavy atom. The van der Waals surface area contributed by atoms with Crippen LogP contribution in [0.25, 0.3) is 0 Å². The van der Waals surface area contributed by atoms with E-state index in [-0.39, 0.29) is 17.8 Å². The minimum Gasteiger partial charge on any atom is -0.378 e. The van der Waals surface area contributed by atoms with E-state index >= 15 is 0 Å². The monoisotopic (exact) mass is 232 g/mol. The fourth-order valence-corrected chi connectivity index (χ4v) is 2.61. The van der Waals surface area contributed by atoms with E-state index in [0.717, 1.165) is 37.9 Å². The first kappa shape index (κ1) is 12.3. The summed E-state index contributed by atoms with van der Waals surface area (Å²) in [5.74, 6) is 0.442. The predicted molar refractivity (Wildman–Crippen MR) is 68.1 cm³/mol. The van der Waals surface area contributed by atoms with Gasteiger partial charge in [0.25, 0.3) is 0 Å². The van der Waals surface area contributed by atoms with E-state index in [1.165, 1.54) is 0 Å². The lowest BCUT2D eigenvalue weighted by molar-refractivity contribution is 0.0206. The normalized spacial score (nSPS) is 24.5. The molecule has 92 valence electrons. The average molecular weight is 232 g/mol. The molecule has 17 heavy (non-hydrogen) atoms. The van der Waals surface area contributed by atoms with Gasteiger partial charge in [-0.25, -0.2) is 0 Å². The fraction of sp³-hybridized carbons (Fsp3) is 0.533. The molecule has 0 amide bonds. The molecule has 1 fully saturated rings. The third-order valence-electron chi connectivity index (χ3n) is 3.46. The Balaban J connectivity index is 2.00. The largest absolute Gasteiger partial charge is 0.378 e. The third kappa shape index (κ3) is 3.16. The zero-order valence-electron chi connectivity index (χ0n) is 10.4. The zero-order valence-corrected chi connectivity index (χ0v) is 10.4. The summed E-state index contributed by atoms with van der Waals surface area (Å²) in [5, 5.41) is 0. The summed E-state index contributed by atoms with van der Waals surface area (Å²) in [6.07, 6.45) is 4.39. The summed E-state index contributed by atoms with van der Waals surface area (Å²) in [6.45, 7) is 2.76. The van der Waals surface area contributed by atoms with Crippen molar-refractivity contribution in [3.8, 4) is 0 Å². The number of rotatable bonds is 4. The Labute approximate surface area is 103 Å². The highest BCUT2D eigenvalue weighted by Gasteiger charge is 2.27. The minimum atomic E-state index is 0.155. The van der Waals surface area contributed by atoms with Gasteiger partial charge in [-0.05, 0) is 26.2 Å². The predicted octanol–water partition coefficient (Wildman–Crippen LogP) is 3.46. The van der Waals surface area contributed by atoms with Gasteiger partial charge in [-0.2, -0.15) is 0 Å². The molecule has 0 spiro atoms.